The third kappa shape index (κ3) is 2.82. The number of fused-ring (bicyclic) bond motifs is 3. The number of anilines is 1. The van der Waals surface area contributed by atoms with Gasteiger partial charge in [0.15, 0.2) is 11.5 Å². The van der Waals surface area contributed by atoms with Gasteiger partial charge in [-0.2, -0.15) is 9.50 Å². The van der Waals surface area contributed by atoms with E-state index in [-0.39, 0.29) is 17.8 Å². The third-order valence-electron chi connectivity index (χ3n) is 4.74. The summed E-state index contributed by atoms with van der Waals surface area (Å²) in [5.74, 6) is 1.47. The summed E-state index contributed by atoms with van der Waals surface area (Å²) in [4.78, 5) is 25.8. The zero-order chi connectivity index (χ0) is 19.1. The van der Waals surface area contributed by atoms with Crippen LogP contribution in [0.15, 0.2) is 28.8 Å². The van der Waals surface area contributed by atoms with Gasteiger partial charge in [-0.3, -0.25) is 4.79 Å². The van der Waals surface area contributed by atoms with Crippen molar-refractivity contribution in [3.63, 3.8) is 0 Å². The standard InChI is InChI=1S/C18H18N8O2/c1-10-20-17(28-25-10)14-23-15-11-6-2-3-7-12(11)21-18(26(15)24-14)22-13-8-4-5-9-19-16(13)27/h2-3,6-7,13H,4-5,8-9H2,1H3,(H,19,27)(H,21,22)/t13-/m1/s1. The van der Waals surface area contributed by atoms with Crippen molar-refractivity contribution < 1.29 is 9.32 Å². The molecule has 1 aromatic carbocycles. The number of hydrogen-bond donors (Lipinski definition) is 2. The normalized spacial score (nSPS) is 17.6. The van der Waals surface area contributed by atoms with Crippen LogP contribution in [0.3, 0.4) is 0 Å². The molecule has 0 radical (unpaired) electrons. The van der Waals surface area contributed by atoms with Crippen molar-refractivity contribution in [3.05, 3.63) is 30.1 Å². The summed E-state index contributed by atoms with van der Waals surface area (Å²) in [5.41, 5.74) is 1.36. The average Bonchev–Trinajstić information content (AvgIpc) is 3.28. The molecule has 10 heteroatoms. The van der Waals surface area contributed by atoms with Crippen LogP contribution in [-0.4, -0.2) is 48.2 Å². The predicted molar refractivity (Wildman–Crippen MR) is 101 cm³/mol. The van der Waals surface area contributed by atoms with Crippen molar-refractivity contribution in [1.82, 2.24) is 35.0 Å². The SMILES string of the molecule is Cc1noc(-c2nc3c4ccccc4nc(N[C@@H]4CCCCNC4=O)n3n2)n1. The number of rotatable bonds is 3. The van der Waals surface area contributed by atoms with E-state index in [1.807, 2.05) is 24.3 Å². The largest absolute Gasteiger partial charge is 0.354 e. The Morgan fingerprint density at radius 2 is 2.11 bits per heavy atom. The number of hydrogen-bond acceptors (Lipinski definition) is 8. The first kappa shape index (κ1) is 16.6. The fourth-order valence-electron chi connectivity index (χ4n) is 3.36. The molecule has 1 aliphatic rings. The topological polar surface area (TPSA) is 123 Å². The molecule has 1 amide bonds. The molecule has 28 heavy (non-hydrogen) atoms. The second-order valence-corrected chi connectivity index (χ2v) is 6.75. The van der Waals surface area contributed by atoms with E-state index >= 15 is 0 Å². The van der Waals surface area contributed by atoms with Crippen LogP contribution >= 0.6 is 0 Å². The van der Waals surface area contributed by atoms with Crippen LogP contribution in [0.4, 0.5) is 5.95 Å². The van der Waals surface area contributed by atoms with Gasteiger partial charge in [-0.1, -0.05) is 17.3 Å². The van der Waals surface area contributed by atoms with E-state index in [2.05, 4.69) is 35.8 Å². The highest BCUT2D eigenvalue weighted by molar-refractivity contribution is 5.93. The predicted octanol–water partition coefficient (Wildman–Crippen LogP) is 1.72. The van der Waals surface area contributed by atoms with Crippen molar-refractivity contribution in [2.45, 2.75) is 32.2 Å². The van der Waals surface area contributed by atoms with Gasteiger partial charge in [-0.15, -0.1) is 5.10 Å². The summed E-state index contributed by atoms with van der Waals surface area (Å²) in [7, 11) is 0. The molecule has 3 aromatic heterocycles. The molecule has 1 aliphatic heterocycles. The summed E-state index contributed by atoms with van der Waals surface area (Å²) in [6.45, 7) is 2.43. The first-order chi connectivity index (χ1) is 13.7. The van der Waals surface area contributed by atoms with Gasteiger partial charge < -0.3 is 15.2 Å². The van der Waals surface area contributed by atoms with Crippen molar-refractivity contribution in [2.24, 2.45) is 0 Å². The van der Waals surface area contributed by atoms with Crippen molar-refractivity contribution >= 4 is 28.4 Å². The zero-order valence-electron chi connectivity index (χ0n) is 15.2. The molecule has 5 rings (SSSR count). The van der Waals surface area contributed by atoms with Crippen LogP contribution in [0.5, 0.6) is 0 Å². The summed E-state index contributed by atoms with van der Waals surface area (Å²) in [5, 5.41) is 15.3. The molecule has 1 atom stereocenters. The summed E-state index contributed by atoms with van der Waals surface area (Å²) < 4.78 is 6.80. The average molecular weight is 378 g/mol. The molecular weight excluding hydrogens is 360 g/mol. The van der Waals surface area contributed by atoms with Crippen LogP contribution in [-0.2, 0) is 4.79 Å². The first-order valence-corrected chi connectivity index (χ1v) is 9.19. The highest BCUT2D eigenvalue weighted by atomic mass is 16.5. The molecule has 4 heterocycles. The number of nitrogens with zero attached hydrogens (tertiary/aromatic N) is 6. The maximum Gasteiger partial charge on any atom is 0.297 e. The maximum atomic E-state index is 12.4. The van der Waals surface area contributed by atoms with Gasteiger partial charge >= 0.3 is 0 Å². The summed E-state index contributed by atoms with van der Waals surface area (Å²) in [6.07, 6.45) is 2.65. The second kappa shape index (κ2) is 6.55. The molecule has 0 spiro atoms. The minimum absolute atomic E-state index is 0.0338. The first-order valence-electron chi connectivity index (χ1n) is 9.19. The minimum Gasteiger partial charge on any atom is -0.354 e. The molecule has 1 saturated heterocycles. The number of carbonyl (C=O) groups is 1. The monoisotopic (exact) mass is 378 g/mol. The van der Waals surface area contributed by atoms with E-state index in [9.17, 15) is 4.79 Å². The smallest absolute Gasteiger partial charge is 0.297 e. The third-order valence-corrected chi connectivity index (χ3v) is 4.74. The second-order valence-electron chi connectivity index (χ2n) is 6.75. The van der Waals surface area contributed by atoms with Crippen LogP contribution in [0.1, 0.15) is 25.1 Å². The van der Waals surface area contributed by atoms with Crippen LogP contribution in [0, 0.1) is 6.92 Å². The van der Waals surface area contributed by atoms with Crippen LogP contribution in [0.2, 0.25) is 0 Å². The van der Waals surface area contributed by atoms with E-state index in [0.29, 0.717) is 29.8 Å². The Bertz CT molecular complexity index is 1180. The van der Waals surface area contributed by atoms with Gasteiger partial charge in [0.25, 0.3) is 5.89 Å². The van der Waals surface area contributed by atoms with E-state index in [1.165, 1.54) is 0 Å². The van der Waals surface area contributed by atoms with Gasteiger partial charge in [0.05, 0.1) is 5.52 Å². The zero-order valence-corrected chi connectivity index (χ0v) is 15.2. The molecule has 0 unspecified atom stereocenters. The molecule has 0 bridgehead atoms. The van der Waals surface area contributed by atoms with Crippen LogP contribution in [0.25, 0.3) is 28.3 Å². The Hall–Kier alpha value is -3.56. The molecule has 0 aliphatic carbocycles. The Morgan fingerprint density at radius 1 is 1.21 bits per heavy atom. The minimum atomic E-state index is -0.377. The summed E-state index contributed by atoms with van der Waals surface area (Å²) in [6, 6.07) is 7.28. The van der Waals surface area contributed by atoms with Crippen molar-refractivity contribution in [2.75, 3.05) is 11.9 Å². The number of aryl methyl sites for hydroxylation is 1. The lowest BCUT2D eigenvalue weighted by molar-refractivity contribution is -0.121. The molecular formula is C18H18N8O2. The molecule has 4 aromatic rings. The summed E-state index contributed by atoms with van der Waals surface area (Å²) >= 11 is 0. The van der Waals surface area contributed by atoms with Gasteiger partial charge in [0.2, 0.25) is 17.7 Å². The molecule has 1 fully saturated rings. The Kier molecular flexibility index (Phi) is 3.89. The highest BCUT2D eigenvalue weighted by Crippen LogP contribution is 2.24. The number of carbonyl (C=O) groups excluding carboxylic acids is 1. The Labute approximate surface area is 159 Å². The van der Waals surface area contributed by atoms with Crippen molar-refractivity contribution in [1.29, 1.82) is 0 Å². The Morgan fingerprint density at radius 3 is 2.96 bits per heavy atom. The lowest BCUT2D eigenvalue weighted by Gasteiger charge is -2.16. The highest BCUT2D eigenvalue weighted by Gasteiger charge is 2.24. The van der Waals surface area contributed by atoms with Crippen molar-refractivity contribution in [3.8, 4) is 11.7 Å². The number of nitrogens with one attached hydrogen (secondary N) is 2. The van der Waals surface area contributed by atoms with Gasteiger partial charge in [-0.05, 0) is 38.3 Å². The number of para-hydroxylation sites is 1. The number of amides is 1. The quantitative estimate of drug-likeness (QED) is 0.552. The van der Waals surface area contributed by atoms with Crippen LogP contribution < -0.4 is 10.6 Å². The Balaban J connectivity index is 1.66. The van der Waals surface area contributed by atoms with Gasteiger partial charge in [0, 0.05) is 11.9 Å². The lowest BCUT2D eigenvalue weighted by Crippen LogP contribution is -2.38. The number of aromatic nitrogens is 6. The van der Waals surface area contributed by atoms with E-state index < -0.39 is 0 Å². The molecule has 0 saturated carbocycles. The van der Waals surface area contributed by atoms with E-state index in [4.69, 9.17) is 4.52 Å². The molecule has 142 valence electrons. The lowest BCUT2D eigenvalue weighted by atomic mass is 10.1. The number of benzene rings is 1. The molecule has 10 nitrogen and oxygen atoms in total. The van der Waals surface area contributed by atoms with Gasteiger partial charge in [-0.25, -0.2) is 9.97 Å². The maximum absolute atomic E-state index is 12.4. The fraction of sp³-hybridized carbons (Fsp3) is 0.333. The van der Waals surface area contributed by atoms with E-state index in [0.717, 1.165) is 30.2 Å². The molecule has 2 N–H and O–H groups in total. The fourth-order valence-corrected chi connectivity index (χ4v) is 3.36. The van der Waals surface area contributed by atoms with Gasteiger partial charge in [0.1, 0.15) is 6.04 Å². The van der Waals surface area contributed by atoms with E-state index in [1.54, 1.807) is 11.4 Å².